The summed E-state index contributed by atoms with van der Waals surface area (Å²) in [6.45, 7) is 2.55. The van der Waals surface area contributed by atoms with Gasteiger partial charge in [-0.2, -0.15) is 0 Å². The Kier molecular flexibility index (Phi) is 12.8. The van der Waals surface area contributed by atoms with Crippen LogP contribution < -0.4 is 26.3 Å². The number of aliphatic carboxylic acids is 1. The molecule has 344 valence electrons. The minimum atomic E-state index is -1.35. The number of anilines is 1. The first kappa shape index (κ1) is 45.8. The van der Waals surface area contributed by atoms with Crippen molar-refractivity contribution in [3.8, 4) is 50.7 Å². The van der Waals surface area contributed by atoms with Crippen LogP contribution in [0.2, 0.25) is 0 Å². The van der Waals surface area contributed by atoms with Crippen molar-refractivity contribution in [1.82, 2.24) is 10.6 Å². The van der Waals surface area contributed by atoms with Gasteiger partial charge in [0, 0.05) is 101 Å². The van der Waals surface area contributed by atoms with Gasteiger partial charge in [-0.05, 0) is 110 Å². The van der Waals surface area contributed by atoms with Gasteiger partial charge < -0.3 is 44.8 Å². The summed E-state index contributed by atoms with van der Waals surface area (Å²) >= 11 is 0. The van der Waals surface area contributed by atoms with Crippen LogP contribution in [0.15, 0.2) is 128 Å². The Hall–Kier alpha value is -8.79. The second-order valence-electron chi connectivity index (χ2n) is 16.3. The number of aromatic hydroxyl groups is 1. The van der Waals surface area contributed by atoms with Crippen LogP contribution in [-0.2, 0) is 4.79 Å². The van der Waals surface area contributed by atoms with E-state index in [9.17, 15) is 49.2 Å². The van der Waals surface area contributed by atoms with Crippen molar-refractivity contribution in [3.63, 3.8) is 0 Å². The zero-order valence-electron chi connectivity index (χ0n) is 37.0. The van der Waals surface area contributed by atoms with Crippen molar-refractivity contribution in [1.29, 1.82) is 0 Å². The Morgan fingerprint density at radius 3 is 1.82 bits per heavy atom. The first-order valence-corrected chi connectivity index (χ1v) is 21.6. The lowest BCUT2D eigenvalue weighted by molar-refractivity contribution is -0.139. The van der Waals surface area contributed by atoms with Gasteiger partial charge >= 0.3 is 17.9 Å². The van der Waals surface area contributed by atoms with Crippen LogP contribution in [0.1, 0.15) is 67.6 Å². The number of carbonyl (C=O) groups is 5. The molecule has 2 aliphatic heterocycles. The van der Waals surface area contributed by atoms with Crippen LogP contribution in [0.3, 0.4) is 0 Å². The molecule has 6 N–H and O–H groups in total. The monoisotopic (exact) mass is 916 g/mol. The van der Waals surface area contributed by atoms with E-state index in [-0.39, 0.29) is 69.7 Å². The molecule has 0 aromatic heterocycles. The second-order valence-corrected chi connectivity index (χ2v) is 16.3. The first-order valence-electron chi connectivity index (χ1n) is 21.6. The van der Waals surface area contributed by atoms with Crippen LogP contribution in [0, 0.1) is 0 Å². The number of carboxylic acids is 3. The smallest absolute Gasteiger partial charge is 0.336 e. The Morgan fingerprint density at radius 1 is 0.647 bits per heavy atom. The lowest BCUT2D eigenvalue weighted by atomic mass is 9.89. The SMILES string of the molecule is CCN=c1ccc2c(-c3ccc(C(=O)NC(CCCCNC(=O)c4ccc(-c5c6ccc(=O)cc-6oc6cc(O)ccc56)c(C(=O)O)c4)C(=O)O)cc3C(=O)O)c3ccc(N(C)C)cc3oc-2c1. The van der Waals surface area contributed by atoms with Gasteiger partial charge in [0.1, 0.15) is 34.5 Å². The molecule has 2 heterocycles. The number of hydrogen-bond acceptors (Lipinski definition) is 11. The lowest BCUT2D eigenvalue weighted by Gasteiger charge is -2.19. The highest BCUT2D eigenvalue weighted by molar-refractivity contribution is 6.11. The zero-order chi connectivity index (χ0) is 48.4. The number of phenols is 1. The maximum absolute atomic E-state index is 13.6. The average Bonchev–Trinajstić information content (AvgIpc) is 3.31. The first-order chi connectivity index (χ1) is 32.6. The molecule has 0 bridgehead atoms. The van der Waals surface area contributed by atoms with Gasteiger partial charge in [0.05, 0.1) is 16.5 Å². The molecule has 8 rings (SSSR count). The molecule has 2 amide bonds. The number of fused-ring (bicyclic) bond motifs is 4. The Morgan fingerprint density at radius 2 is 1.22 bits per heavy atom. The number of benzene rings is 6. The van der Waals surface area contributed by atoms with E-state index in [0.717, 1.165) is 5.69 Å². The molecule has 0 saturated carbocycles. The van der Waals surface area contributed by atoms with Crippen LogP contribution in [-0.4, -0.2) is 83.4 Å². The molecule has 0 fully saturated rings. The van der Waals surface area contributed by atoms with Gasteiger partial charge in [0.15, 0.2) is 5.43 Å². The predicted octanol–water partition coefficient (Wildman–Crippen LogP) is 7.95. The third-order valence-electron chi connectivity index (χ3n) is 11.6. The largest absolute Gasteiger partial charge is 0.508 e. The Balaban J connectivity index is 0.961. The molecule has 4 aromatic carbocycles. The summed E-state index contributed by atoms with van der Waals surface area (Å²) in [5.74, 6) is -4.75. The number of phenolic OH excluding ortho intramolecular Hbond substituents is 1. The topological polar surface area (TPSA) is 249 Å². The quantitative estimate of drug-likeness (QED) is 0.0422. The van der Waals surface area contributed by atoms with Gasteiger partial charge in [-0.1, -0.05) is 12.1 Å². The van der Waals surface area contributed by atoms with E-state index < -0.39 is 35.8 Å². The number of hydrogen-bond donors (Lipinski definition) is 6. The fraction of sp³-hybridized carbons (Fsp3) is 0.173. The van der Waals surface area contributed by atoms with E-state index in [2.05, 4.69) is 15.6 Å². The summed E-state index contributed by atoms with van der Waals surface area (Å²) in [6, 6.07) is 26.5. The molecule has 0 radical (unpaired) electrons. The fourth-order valence-corrected chi connectivity index (χ4v) is 8.30. The van der Waals surface area contributed by atoms with E-state index in [1.165, 1.54) is 66.7 Å². The van der Waals surface area contributed by atoms with E-state index >= 15 is 0 Å². The highest BCUT2D eigenvalue weighted by atomic mass is 16.4. The highest BCUT2D eigenvalue weighted by Gasteiger charge is 2.27. The predicted molar refractivity (Wildman–Crippen MR) is 254 cm³/mol. The van der Waals surface area contributed by atoms with Gasteiger partial charge in [-0.25, -0.2) is 14.4 Å². The normalized spacial score (nSPS) is 12.1. The molecule has 16 heteroatoms. The Bertz CT molecular complexity index is 3410. The standard InChI is InChI=1S/C52H44N4O12/c1-4-53-29-10-16-35-42(23-29)67-43-24-30(56(2)3)11-17-36(43)46(35)34-15-9-28(22-40(34)51(63)64)49(60)55-41(52(65)66)7-5-6-20-54-48(59)27-8-14-33(39(21-27)50(61)62)47-37-18-12-31(57)25-44(37)68-45-26-32(58)13-19-38(45)47/h8-19,21-26,41,57H,4-7,20H2,1-3H3,(H,54,59)(H,55,60)(H,61,62)(H,63,64)(H,65,66). The van der Waals surface area contributed by atoms with E-state index in [1.807, 2.05) is 56.3 Å². The molecule has 0 spiro atoms. The zero-order valence-corrected chi connectivity index (χ0v) is 37.0. The fourth-order valence-electron chi connectivity index (χ4n) is 8.30. The molecule has 4 aliphatic rings. The van der Waals surface area contributed by atoms with E-state index in [0.29, 0.717) is 68.3 Å². The summed E-state index contributed by atoms with van der Waals surface area (Å²) < 4.78 is 12.2. The molecule has 68 heavy (non-hydrogen) atoms. The lowest BCUT2D eigenvalue weighted by Crippen LogP contribution is -2.41. The average molecular weight is 917 g/mol. The molecule has 2 aliphatic carbocycles. The number of nitrogens with one attached hydrogen (secondary N) is 2. The third-order valence-corrected chi connectivity index (χ3v) is 11.6. The van der Waals surface area contributed by atoms with Crippen molar-refractivity contribution in [2.45, 2.75) is 32.2 Å². The minimum absolute atomic E-state index is 0.0255. The summed E-state index contributed by atoms with van der Waals surface area (Å²) in [6.07, 6.45) is 0.517. The van der Waals surface area contributed by atoms with Crippen molar-refractivity contribution < 1.29 is 53.2 Å². The maximum atomic E-state index is 13.6. The van der Waals surface area contributed by atoms with E-state index in [1.54, 1.807) is 12.1 Å². The number of carbonyl (C=O) groups excluding carboxylic acids is 2. The second kappa shape index (κ2) is 19.0. The van der Waals surface area contributed by atoms with Crippen molar-refractivity contribution in [2.24, 2.45) is 4.99 Å². The molecular weight excluding hydrogens is 873 g/mol. The van der Waals surface area contributed by atoms with Gasteiger partial charge in [0.25, 0.3) is 11.8 Å². The van der Waals surface area contributed by atoms with Crippen LogP contribution in [0.4, 0.5) is 5.69 Å². The minimum Gasteiger partial charge on any atom is -0.508 e. The summed E-state index contributed by atoms with van der Waals surface area (Å²) in [5.41, 5.74) is 3.46. The van der Waals surface area contributed by atoms with E-state index in [4.69, 9.17) is 8.83 Å². The molecule has 0 saturated heterocycles. The summed E-state index contributed by atoms with van der Waals surface area (Å²) in [7, 11) is 3.78. The summed E-state index contributed by atoms with van der Waals surface area (Å²) in [5, 5.41) is 48.0. The number of unbranched alkanes of at least 4 members (excludes halogenated alkanes) is 1. The summed E-state index contributed by atoms with van der Waals surface area (Å²) in [4.78, 5) is 83.3. The molecule has 1 unspecified atom stereocenters. The van der Waals surface area contributed by atoms with Crippen molar-refractivity contribution in [2.75, 3.05) is 32.1 Å². The molecule has 16 nitrogen and oxygen atoms in total. The Labute approximate surface area is 387 Å². The maximum Gasteiger partial charge on any atom is 0.336 e. The van der Waals surface area contributed by atoms with Crippen LogP contribution in [0.5, 0.6) is 5.75 Å². The van der Waals surface area contributed by atoms with Crippen molar-refractivity contribution in [3.05, 3.63) is 147 Å². The number of carboxylic acid groups (broad SMARTS) is 3. The van der Waals surface area contributed by atoms with Crippen LogP contribution >= 0.6 is 0 Å². The number of amides is 2. The number of aromatic carboxylic acids is 2. The third kappa shape index (κ3) is 9.19. The van der Waals surface area contributed by atoms with Gasteiger partial charge in [-0.3, -0.25) is 19.4 Å². The van der Waals surface area contributed by atoms with Crippen LogP contribution in [0.25, 0.3) is 66.8 Å². The molecule has 1 atom stereocenters. The highest BCUT2D eigenvalue weighted by Crippen LogP contribution is 2.44. The van der Waals surface area contributed by atoms with Gasteiger partial charge in [-0.15, -0.1) is 0 Å². The van der Waals surface area contributed by atoms with Gasteiger partial charge in [0.2, 0.25) is 0 Å². The molecule has 4 aromatic rings. The molecular formula is C52H44N4O12. The number of rotatable bonds is 15. The van der Waals surface area contributed by atoms with Crippen molar-refractivity contribution >= 4 is 57.3 Å². The number of nitrogens with zero attached hydrogens (tertiary/aromatic N) is 2.